The molecule has 0 bridgehead atoms. The Morgan fingerprint density at radius 1 is 1.42 bits per heavy atom. The molecule has 0 aliphatic heterocycles. The van der Waals surface area contributed by atoms with Crippen molar-refractivity contribution in [2.75, 3.05) is 11.9 Å². The van der Waals surface area contributed by atoms with Crippen molar-refractivity contribution in [1.82, 2.24) is 0 Å². The van der Waals surface area contributed by atoms with Crippen LogP contribution in [0.15, 0.2) is 22.7 Å². The molecule has 1 aliphatic carbocycles. The molecule has 1 aliphatic rings. The molecule has 0 spiro atoms. The van der Waals surface area contributed by atoms with Crippen molar-refractivity contribution < 1.29 is 0 Å². The van der Waals surface area contributed by atoms with E-state index in [0.29, 0.717) is 12.5 Å². The second kappa shape index (κ2) is 6.02. The minimum atomic E-state index is 0.0270. The highest BCUT2D eigenvalue weighted by atomic mass is 79.9. The minimum Gasteiger partial charge on any atom is -0.378 e. The van der Waals surface area contributed by atoms with Crippen LogP contribution < -0.4 is 11.1 Å². The highest BCUT2D eigenvalue weighted by Crippen LogP contribution is 2.38. The topological polar surface area (TPSA) is 38.0 Å². The summed E-state index contributed by atoms with van der Waals surface area (Å²) in [6.07, 6.45) is 3.50. The predicted molar refractivity (Wildman–Crippen MR) is 86.7 cm³/mol. The molecule has 19 heavy (non-hydrogen) atoms. The highest BCUT2D eigenvalue weighted by molar-refractivity contribution is 9.10. The van der Waals surface area contributed by atoms with Crippen molar-refractivity contribution in [2.24, 2.45) is 17.6 Å². The van der Waals surface area contributed by atoms with Crippen LogP contribution in [0.25, 0.3) is 0 Å². The van der Waals surface area contributed by atoms with Crippen LogP contribution in [0.5, 0.6) is 0 Å². The molecular formula is C15H22BrClN2. The first-order valence-electron chi connectivity index (χ1n) is 6.89. The molecule has 2 nitrogen and oxygen atoms in total. The molecule has 0 aromatic heterocycles. The number of hydrogen-bond acceptors (Lipinski definition) is 2. The fourth-order valence-electron chi connectivity index (χ4n) is 2.94. The van der Waals surface area contributed by atoms with Crippen LogP contribution in [0.1, 0.15) is 33.1 Å². The van der Waals surface area contributed by atoms with Gasteiger partial charge >= 0.3 is 0 Å². The van der Waals surface area contributed by atoms with Gasteiger partial charge in [0.1, 0.15) is 0 Å². The van der Waals surface area contributed by atoms with Gasteiger partial charge < -0.3 is 11.1 Å². The Kier molecular flexibility index (Phi) is 4.80. The third-order valence-electron chi connectivity index (χ3n) is 4.48. The zero-order chi connectivity index (χ0) is 14.0. The van der Waals surface area contributed by atoms with E-state index in [-0.39, 0.29) is 5.54 Å². The molecule has 3 unspecified atom stereocenters. The molecule has 1 saturated carbocycles. The van der Waals surface area contributed by atoms with Gasteiger partial charge in [0.25, 0.3) is 0 Å². The summed E-state index contributed by atoms with van der Waals surface area (Å²) in [5.41, 5.74) is 7.17. The Morgan fingerprint density at radius 3 is 2.74 bits per heavy atom. The molecule has 1 aromatic carbocycles. The van der Waals surface area contributed by atoms with Gasteiger partial charge in [0.15, 0.2) is 0 Å². The summed E-state index contributed by atoms with van der Waals surface area (Å²) in [7, 11) is 0. The number of hydrogen-bond donors (Lipinski definition) is 2. The van der Waals surface area contributed by atoms with Crippen molar-refractivity contribution in [2.45, 2.75) is 38.6 Å². The van der Waals surface area contributed by atoms with Crippen LogP contribution in [0.4, 0.5) is 5.69 Å². The lowest BCUT2D eigenvalue weighted by atomic mass is 9.71. The van der Waals surface area contributed by atoms with Gasteiger partial charge in [-0.2, -0.15) is 0 Å². The second-order valence-corrected chi connectivity index (χ2v) is 7.20. The van der Waals surface area contributed by atoms with Crippen molar-refractivity contribution >= 4 is 33.2 Å². The zero-order valence-corrected chi connectivity index (χ0v) is 13.9. The maximum atomic E-state index is 6.06. The standard InChI is InChI=1S/C15H22BrClN2/c1-10-5-6-15(9-18,8-11(10)2)19-12-3-4-14(17)13(16)7-12/h3-4,7,10-11,19H,5-6,8-9,18H2,1-2H3. The van der Waals surface area contributed by atoms with Crippen LogP contribution in [0, 0.1) is 11.8 Å². The van der Waals surface area contributed by atoms with E-state index in [1.54, 1.807) is 0 Å². The van der Waals surface area contributed by atoms with Gasteiger partial charge in [-0.05, 0) is 65.2 Å². The number of rotatable bonds is 3. The first-order chi connectivity index (χ1) is 8.96. The molecular weight excluding hydrogens is 324 g/mol. The summed E-state index contributed by atoms with van der Waals surface area (Å²) in [5, 5.41) is 4.38. The van der Waals surface area contributed by atoms with Crippen molar-refractivity contribution in [3.8, 4) is 0 Å². The quantitative estimate of drug-likeness (QED) is 0.835. The Hall–Kier alpha value is -0.250. The van der Waals surface area contributed by atoms with E-state index in [1.165, 1.54) is 6.42 Å². The van der Waals surface area contributed by atoms with E-state index >= 15 is 0 Å². The fraction of sp³-hybridized carbons (Fsp3) is 0.600. The second-order valence-electron chi connectivity index (χ2n) is 5.94. The van der Waals surface area contributed by atoms with E-state index < -0.39 is 0 Å². The number of nitrogens with two attached hydrogens (primary N) is 1. The molecule has 3 atom stereocenters. The van der Waals surface area contributed by atoms with E-state index in [4.69, 9.17) is 17.3 Å². The van der Waals surface area contributed by atoms with E-state index in [9.17, 15) is 0 Å². The lowest BCUT2D eigenvalue weighted by Crippen LogP contribution is -2.50. The first kappa shape index (κ1) is 15.1. The van der Waals surface area contributed by atoms with Gasteiger partial charge in [-0.3, -0.25) is 0 Å². The minimum absolute atomic E-state index is 0.0270. The smallest absolute Gasteiger partial charge is 0.0549 e. The molecule has 2 rings (SSSR count). The van der Waals surface area contributed by atoms with Gasteiger partial charge in [-0.1, -0.05) is 25.4 Å². The normalized spacial score (nSPS) is 31.2. The summed E-state index contributed by atoms with van der Waals surface area (Å²) in [6, 6.07) is 5.96. The zero-order valence-electron chi connectivity index (χ0n) is 11.5. The number of benzene rings is 1. The SMILES string of the molecule is CC1CCC(CN)(Nc2ccc(Cl)c(Br)c2)CC1C. The van der Waals surface area contributed by atoms with Crippen molar-refractivity contribution in [3.05, 3.63) is 27.7 Å². The molecule has 0 radical (unpaired) electrons. The summed E-state index contributed by atoms with van der Waals surface area (Å²) in [5.74, 6) is 1.50. The summed E-state index contributed by atoms with van der Waals surface area (Å²) < 4.78 is 0.920. The molecule has 1 aromatic rings. The maximum absolute atomic E-state index is 6.06. The van der Waals surface area contributed by atoms with Crippen LogP contribution in [-0.2, 0) is 0 Å². The largest absolute Gasteiger partial charge is 0.378 e. The van der Waals surface area contributed by atoms with Crippen LogP contribution >= 0.6 is 27.5 Å². The summed E-state index contributed by atoms with van der Waals surface area (Å²) in [4.78, 5) is 0. The third-order valence-corrected chi connectivity index (χ3v) is 5.70. The molecule has 1 fully saturated rings. The van der Waals surface area contributed by atoms with Crippen LogP contribution in [0.3, 0.4) is 0 Å². The van der Waals surface area contributed by atoms with Crippen molar-refractivity contribution in [3.63, 3.8) is 0 Å². The Morgan fingerprint density at radius 2 is 2.16 bits per heavy atom. The lowest BCUT2D eigenvalue weighted by molar-refractivity contribution is 0.196. The van der Waals surface area contributed by atoms with E-state index in [1.807, 2.05) is 18.2 Å². The summed E-state index contributed by atoms with van der Waals surface area (Å²) >= 11 is 9.50. The number of nitrogens with one attached hydrogen (secondary N) is 1. The third kappa shape index (κ3) is 3.45. The monoisotopic (exact) mass is 344 g/mol. The lowest BCUT2D eigenvalue weighted by Gasteiger charge is -2.43. The molecule has 0 amide bonds. The van der Waals surface area contributed by atoms with E-state index in [2.05, 4.69) is 35.1 Å². The molecule has 0 heterocycles. The van der Waals surface area contributed by atoms with Gasteiger partial charge in [0.2, 0.25) is 0 Å². The highest BCUT2D eigenvalue weighted by Gasteiger charge is 2.36. The van der Waals surface area contributed by atoms with Crippen LogP contribution in [-0.4, -0.2) is 12.1 Å². The predicted octanol–water partition coefficient (Wildman–Crippen LogP) is 4.67. The molecule has 0 saturated heterocycles. The number of halogens is 2. The first-order valence-corrected chi connectivity index (χ1v) is 8.06. The van der Waals surface area contributed by atoms with Gasteiger partial charge in [0, 0.05) is 22.2 Å². The fourth-order valence-corrected chi connectivity index (χ4v) is 3.43. The van der Waals surface area contributed by atoms with Gasteiger partial charge in [-0.15, -0.1) is 0 Å². The Labute approximate surface area is 129 Å². The van der Waals surface area contributed by atoms with Gasteiger partial charge in [0.05, 0.1) is 5.02 Å². The maximum Gasteiger partial charge on any atom is 0.0549 e. The molecule has 3 N–H and O–H groups in total. The summed E-state index contributed by atoms with van der Waals surface area (Å²) in [6.45, 7) is 5.34. The Balaban J connectivity index is 2.16. The number of anilines is 1. The van der Waals surface area contributed by atoms with E-state index in [0.717, 1.165) is 33.9 Å². The average molecular weight is 346 g/mol. The Bertz CT molecular complexity index is 452. The van der Waals surface area contributed by atoms with Crippen molar-refractivity contribution in [1.29, 1.82) is 0 Å². The molecule has 106 valence electrons. The molecule has 4 heteroatoms. The average Bonchev–Trinajstić information content (AvgIpc) is 2.39. The van der Waals surface area contributed by atoms with Crippen LogP contribution in [0.2, 0.25) is 5.02 Å². The van der Waals surface area contributed by atoms with Gasteiger partial charge in [-0.25, -0.2) is 0 Å².